The van der Waals surface area contributed by atoms with Gasteiger partial charge in [-0.05, 0) is 59.9 Å². The Hall–Kier alpha value is -2.33. The molecule has 2 aromatic carbocycles. The lowest BCUT2D eigenvalue weighted by Gasteiger charge is -2.39. The Balaban J connectivity index is 1.48. The Morgan fingerprint density at radius 2 is 1.72 bits per heavy atom. The normalized spacial score (nSPS) is 21.2. The van der Waals surface area contributed by atoms with Crippen molar-refractivity contribution >= 4 is 6.09 Å². The van der Waals surface area contributed by atoms with Crippen LogP contribution in [-0.2, 0) is 4.74 Å². The van der Waals surface area contributed by atoms with Crippen LogP contribution in [0.5, 0.6) is 0 Å². The van der Waals surface area contributed by atoms with Gasteiger partial charge >= 0.3 is 6.09 Å². The fourth-order valence-corrected chi connectivity index (χ4v) is 5.03. The zero-order chi connectivity index (χ0) is 20.4. The monoisotopic (exact) mass is 392 g/mol. The molecule has 2 unspecified atom stereocenters. The van der Waals surface area contributed by atoms with E-state index in [1.165, 1.54) is 22.3 Å². The highest BCUT2D eigenvalue weighted by Crippen LogP contribution is 2.44. The number of hydrogen-bond donors (Lipinski definition) is 1. The van der Waals surface area contributed by atoms with Crippen molar-refractivity contribution < 1.29 is 9.53 Å². The third-order valence-electron chi connectivity index (χ3n) is 6.47. The van der Waals surface area contributed by atoms with E-state index in [1.54, 1.807) is 0 Å². The van der Waals surface area contributed by atoms with Crippen LogP contribution in [0.15, 0.2) is 48.5 Å². The minimum atomic E-state index is -0.173. The summed E-state index contributed by atoms with van der Waals surface area (Å²) in [7, 11) is 0. The van der Waals surface area contributed by atoms with E-state index < -0.39 is 0 Å². The standard InChI is InChI=1S/C25H32N2O2/c1-17(2)13-19-14-18(15-26)11-12-27(19)25(28)29-16-24-22-9-5-3-7-20(22)21-8-4-6-10-23(21)24/h3-10,17-19,24H,11-16,26H2,1-2H3. The number of nitrogens with two attached hydrogens (primary N) is 1. The zero-order valence-corrected chi connectivity index (χ0v) is 17.5. The molecule has 0 aromatic heterocycles. The second-order valence-corrected chi connectivity index (χ2v) is 8.91. The van der Waals surface area contributed by atoms with E-state index in [0.717, 1.165) is 25.8 Å². The molecule has 2 aromatic rings. The molecule has 154 valence electrons. The number of benzene rings is 2. The summed E-state index contributed by atoms with van der Waals surface area (Å²) in [4.78, 5) is 15.0. The first kappa shape index (κ1) is 20.0. The summed E-state index contributed by atoms with van der Waals surface area (Å²) < 4.78 is 5.92. The Bertz CT molecular complexity index is 818. The molecule has 0 bridgehead atoms. The summed E-state index contributed by atoms with van der Waals surface area (Å²) >= 11 is 0. The molecular formula is C25H32N2O2. The summed E-state index contributed by atoms with van der Waals surface area (Å²) in [6.07, 6.45) is 2.78. The lowest BCUT2D eigenvalue weighted by Crippen LogP contribution is -2.48. The van der Waals surface area contributed by atoms with Crippen molar-refractivity contribution in [2.75, 3.05) is 19.7 Å². The summed E-state index contributed by atoms with van der Waals surface area (Å²) in [5.41, 5.74) is 10.9. The van der Waals surface area contributed by atoms with Crippen LogP contribution in [0.4, 0.5) is 4.79 Å². The van der Waals surface area contributed by atoms with E-state index in [2.05, 4.69) is 62.4 Å². The number of nitrogens with zero attached hydrogens (tertiary/aromatic N) is 1. The lowest BCUT2D eigenvalue weighted by atomic mass is 9.87. The molecule has 4 nitrogen and oxygen atoms in total. The van der Waals surface area contributed by atoms with Crippen molar-refractivity contribution in [2.45, 2.75) is 45.1 Å². The molecule has 2 N–H and O–H groups in total. The first-order valence-electron chi connectivity index (χ1n) is 10.9. The molecule has 1 aliphatic carbocycles. The first-order valence-corrected chi connectivity index (χ1v) is 10.9. The Morgan fingerprint density at radius 1 is 1.10 bits per heavy atom. The summed E-state index contributed by atoms with van der Waals surface area (Å²) in [5.74, 6) is 1.16. The maximum Gasteiger partial charge on any atom is 0.410 e. The van der Waals surface area contributed by atoms with Crippen molar-refractivity contribution in [3.8, 4) is 11.1 Å². The Labute approximate surface area is 174 Å². The molecule has 4 rings (SSSR count). The number of carbonyl (C=O) groups excluding carboxylic acids is 1. The van der Waals surface area contributed by atoms with Gasteiger partial charge in [0.15, 0.2) is 0 Å². The highest BCUT2D eigenvalue weighted by atomic mass is 16.6. The van der Waals surface area contributed by atoms with E-state index in [4.69, 9.17) is 10.5 Å². The number of ether oxygens (including phenoxy) is 1. The molecule has 1 saturated heterocycles. The predicted molar refractivity (Wildman–Crippen MR) is 117 cm³/mol. The highest BCUT2D eigenvalue weighted by Gasteiger charge is 2.34. The average molecular weight is 393 g/mol. The van der Waals surface area contributed by atoms with E-state index in [-0.39, 0.29) is 18.1 Å². The second kappa shape index (κ2) is 8.58. The predicted octanol–water partition coefficient (Wildman–Crippen LogP) is 5.02. The number of piperidine rings is 1. The Kier molecular flexibility index (Phi) is 5.91. The topological polar surface area (TPSA) is 55.6 Å². The number of amides is 1. The van der Waals surface area contributed by atoms with Crippen LogP contribution in [0.25, 0.3) is 11.1 Å². The van der Waals surface area contributed by atoms with E-state index in [0.29, 0.717) is 25.0 Å². The van der Waals surface area contributed by atoms with Crippen LogP contribution in [0, 0.1) is 11.8 Å². The molecule has 1 fully saturated rings. The molecule has 4 heteroatoms. The molecular weight excluding hydrogens is 360 g/mol. The fourth-order valence-electron chi connectivity index (χ4n) is 5.03. The third-order valence-corrected chi connectivity index (χ3v) is 6.47. The average Bonchev–Trinajstić information content (AvgIpc) is 3.05. The SMILES string of the molecule is CC(C)CC1CC(CN)CCN1C(=O)OCC1c2ccccc2-c2ccccc21. The van der Waals surface area contributed by atoms with Crippen LogP contribution in [0.3, 0.4) is 0 Å². The Morgan fingerprint density at radius 3 is 2.31 bits per heavy atom. The van der Waals surface area contributed by atoms with Gasteiger partial charge in [0, 0.05) is 18.5 Å². The van der Waals surface area contributed by atoms with Crippen molar-refractivity contribution in [1.82, 2.24) is 4.90 Å². The third kappa shape index (κ3) is 4.04. The lowest BCUT2D eigenvalue weighted by molar-refractivity contribution is 0.0548. The molecule has 0 spiro atoms. The van der Waals surface area contributed by atoms with Crippen molar-refractivity contribution in [3.63, 3.8) is 0 Å². The highest BCUT2D eigenvalue weighted by molar-refractivity contribution is 5.79. The largest absolute Gasteiger partial charge is 0.448 e. The molecule has 0 saturated carbocycles. The van der Waals surface area contributed by atoms with Gasteiger partial charge in [-0.25, -0.2) is 4.79 Å². The van der Waals surface area contributed by atoms with Crippen LogP contribution in [0.2, 0.25) is 0 Å². The summed E-state index contributed by atoms with van der Waals surface area (Å²) in [6, 6.07) is 17.1. The maximum absolute atomic E-state index is 13.0. The van der Waals surface area contributed by atoms with E-state index in [1.807, 2.05) is 4.90 Å². The van der Waals surface area contributed by atoms with Crippen molar-refractivity contribution in [2.24, 2.45) is 17.6 Å². The van der Waals surface area contributed by atoms with Gasteiger partial charge < -0.3 is 15.4 Å². The number of hydrogen-bond acceptors (Lipinski definition) is 3. The van der Waals surface area contributed by atoms with Crippen LogP contribution in [0.1, 0.15) is 50.2 Å². The second-order valence-electron chi connectivity index (χ2n) is 8.91. The number of fused-ring (bicyclic) bond motifs is 3. The van der Waals surface area contributed by atoms with Crippen LogP contribution >= 0.6 is 0 Å². The van der Waals surface area contributed by atoms with Crippen LogP contribution < -0.4 is 5.73 Å². The van der Waals surface area contributed by atoms with Gasteiger partial charge in [0.25, 0.3) is 0 Å². The maximum atomic E-state index is 13.0. The summed E-state index contributed by atoms with van der Waals surface area (Å²) in [5, 5.41) is 0. The van der Waals surface area contributed by atoms with E-state index >= 15 is 0 Å². The molecule has 2 atom stereocenters. The fraction of sp³-hybridized carbons (Fsp3) is 0.480. The van der Waals surface area contributed by atoms with Gasteiger partial charge in [-0.3, -0.25) is 0 Å². The quantitative estimate of drug-likeness (QED) is 0.777. The van der Waals surface area contributed by atoms with Crippen molar-refractivity contribution in [3.05, 3.63) is 59.7 Å². The zero-order valence-electron chi connectivity index (χ0n) is 17.5. The minimum Gasteiger partial charge on any atom is -0.448 e. The number of rotatable bonds is 5. The molecule has 0 radical (unpaired) electrons. The summed E-state index contributed by atoms with van der Waals surface area (Å²) in [6.45, 7) is 6.26. The van der Waals surface area contributed by atoms with Gasteiger partial charge in [-0.2, -0.15) is 0 Å². The molecule has 29 heavy (non-hydrogen) atoms. The number of carbonyl (C=O) groups is 1. The van der Waals surface area contributed by atoms with E-state index in [9.17, 15) is 4.79 Å². The molecule has 2 aliphatic rings. The van der Waals surface area contributed by atoms with Crippen LogP contribution in [-0.4, -0.2) is 36.7 Å². The van der Waals surface area contributed by atoms with Gasteiger partial charge in [-0.15, -0.1) is 0 Å². The van der Waals surface area contributed by atoms with Crippen molar-refractivity contribution in [1.29, 1.82) is 0 Å². The van der Waals surface area contributed by atoms with Gasteiger partial charge in [0.1, 0.15) is 6.61 Å². The molecule has 1 amide bonds. The minimum absolute atomic E-state index is 0.108. The smallest absolute Gasteiger partial charge is 0.410 e. The van der Waals surface area contributed by atoms with Gasteiger partial charge in [0.2, 0.25) is 0 Å². The van der Waals surface area contributed by atoms with Gasteiger partial charge in [0.05, 0.1) is 0 Å². The molecule has 1 aliphatic heterocycles. The first-order chi connectivity index (χ1) is 14.1. The number of likely N-dealkylation sites (tertiary alicyclic amines) is 1. The molecule has 1 heterocycles. The van der Waals surface area contributed by atoms with Gasteiger partial charge in [-0.1, -0.05) is 62.4 Å².